The predicted octanol–water partition coefficient (Wildman–Crippen LogP) is 2.36. The molecular weight excluding hydrogens is 264 g/mol. The summed E-state index contributed by atoms with van der Waals surface area (Å²) in [5.74, 6) is -0.0517. The minimum atomic E-state index is -0.551. The molecule has 1 aromatic carbocycles. The molecule has 0 aliphatic rings. The Hall–Kier alpha value is -1.26. The lowest BCUT2D eigenvalue weighted by atomic mass is 10.1. The highest BCUT2D eigenvalue weighted by atomic mass is 35.5. The first-order valence-electron chi connectivity index (χ1n) is 6.42. The molecular formula is C14H21ClN2O2. The number of halogens is 1. The molecule has 0 heterocycles. The minimum absolute atomic E-state index is 0.0517. The number of carbonyl (C=O) groups excluding carboxylic acids is 1. The van der Waals surface area contributed by atoms with Gasteiger partial charge < -0.3 is 15.3 Å². The number of hydrogen-bond acceptors (Lipinski definition) is 3. The molecule has 0 saturated carbocycles. The maximum Gasteiger partial charge on any atom is 0.239 e. The second-order valence-corrected chi connectivity index (χ2v) is 4.89. The molecule has 2 N–H and O–H groups in total. The van der Waals surface area contributed by atoms with Crippen molar-refractivity contribution in [1.29, 1.82) is 0 Å². The number of nitrogens with one attached hydrogen (secondary N) is 1. The van der Waals surface area contributed by atoms with Crippen molar-refractivity contribution in [3.8, 4) is 0 Å². The second kappa shape index (κ2) is 7.36. The van der Waals surface area contributed by atoms with Crippen LogP contribution in [-0.4, -0.2) is 31.2 Å². The van der Waals surface area contributed by atoms with Crippen LogP contribution < -0.4 is 10.2 Å². The Bertz CT molecular complexity index is 435. The van der Waals surface area contributed by atoms with Gasteiger partial charge in [0, 0.05) is 13.6 Å². The average molecular weight is 285 g/mol. The number of nitrogens with zero attached hydrogens (tertiary/aromatic N) is 1. The Kier molecular flexibility index (Phi) is 6.12. The molecule has 1 aromatic rings. The molecule has 0 fully saturated rings. The van der Waals surface area contributed by atoms with Crippen LogP contribution in [0.15, 0.2) is 18.2 Å². The third-order valence-corrected chi connectivity index (χ3v) is 3.20. The number of rotatable bonds is 6. The zero-order valence-electron chi connectivity index (χ0n) is 11.6. The van der Waals surface area contributed by atoms with Gasteiger partial charge in [-0.2, -0.15) is 0 Å². The van der Waals surface area contributed by atoms with E-state index in [0.717, 1.165) is 24.2 Å². The topological polar surface area (TPSA) is 52.6 Å². The van der Waals surface area contributed by atoms with E-state index in [1.54, 1.807) is 20.0 Å². The standard InChI is InChI=1S/C14H21ClN2O2/c1-4-7-17(9-14(19)16-3)13-6-5-11(10(2)18)8-12(13)15/h5-6,8,10,18H,4,7,9H2,1-3H3,(H,16,19)/t10-/m1/s1. The van der Waals surface area contributed by atoms with E-state index in [0.29, 0.717) is 5.02 Å². The Morgan fingerprint density at radius 3 is 2.68 bits per heavy atom. The van der Waals surface area contributed by atoms with E-state index in [-0.39, 0.29) is 12.5 Å². The number of aliphatic hydroxyl groups excluding tert-OH is 1. The molecule has 5 heteroatoms. The highest BCUT2D eigenvalue weighted by Crippen LogP contribution is 2.29. The Labute approximate surface area is 119 Å². The molecule has 1 amide bonds. The van der Waals surface area contributed by atoms with Gasteiger partial charge in [-0.1, -0.05) is 24.6 Å². The van der Waals surface area contributed by atoms with E-state index in [2.05, 4.69) is 12.2 Å². The summed E-state index contributed by atoms with van der Waals surface area (Å²) >= 11 is 6.25. The van der Waals surface area contributed by atoms with Gasteiger partial charge in [0.05, 0.1) is 23.4 Å². The van der Waals surface area contributed by atoms with Crippen molar-refractivity contribution in [2.45, 2.75) is 26.4 Å². The Morgan fingerprint density at radius 2 is 2.21 bits per heavy atom. The molecule has 0 radical (unpaired) electrons. The van der Waals surface area contributed by atoms with Gasteiger partial charge in [-0.3, -0.25) is 4.79 Å². The van der Waals surface area contributed by atoms with Gasteiger partial charge >= 0.3 is 0 Å². The largest absolute Gasteiger partial charge is 0.389 e. The van der Waals surface area contributed by atoms with Gasteiger partial charge in [0.2, 0.25) is 5.91 Å². The van der Waals surface area contributed by atoms with Crippen molar-refractivity contribution in [2.75, 3.05) is 25.0 Å². The molecule has 0 aliphatic carbocycles. The summed E-state index contributed by atoms with van der Waals surface area (Å²) in [5.41, 5.74) is 1.58. The first-order chi connectivity index (χ1) is 8.99. The summed E-state index contributed by atoms with van der Waals surface area (Å²) in [6, 6.07) is 5.43. The summed E-state index contributed by atoms with van der Waals surface area (Å²) in [7, 11) is 1.62. The lowest BCUT2D eigenvalue weighted by Gasteiger charge is -2.25. The second-order valence-electron chi connectivity index (χ2n) is 4.48. The monoisotopic (exact) mass is 284 g/mol. The molecule has 0 spiro atoms. The van der Waals surface area contributed by atoms with E-state index in [9.17, 15) is 9.90 Å². The molecule has 106 valence electrons. The van der Waals surface area contributed by atoms with Crippen molar-refractivity contribution in [3.63, 3.8) is 0 Å². The third kappa shape index (κ3) is 4.40. The van der Waals surface area contributed by atoms with Crippen LogP contribution in [0.5, 0.6) is 0 Å². The van der Waals surface area contributed by atoms with Crippen LogP contribution in [0, 0.1) is 0 Å². The maximum atomic E-state index is 11.5. The Morgan fingerprint density at radius 1 is 1.53 bits per heavy atom. The van der Waals surface area contributed by atoms with Gasteiger partial charge in [-0.25, -0.2) is 0 Å². The van der Waals surface area contributed by atoms with Crippen LogP contribution in [0.3, 0.4) is 0 Å². The van der Waals surface area contributed by atoms with Crippen LogP contribution >= 0.6 is 11.6 Å². The van der Waals surface area contributed by atoms with Crippen LogP contribution in [0.1, 0.15) is 31.9 Å². The van der Waals surface area contributed by atoms with Crippen LogP contribution in [-0.2, 0) is 4.79 Å². The molecule has 0 aliphatic heterocycles. The summed E-state index contributed by atoms with van der Waals surface area (Å²) < 4.78 is 0. The molecule has 0 bridgehead atoms. The van der Waals surface area contributed by atoms with E-state index >= 15 is 0 Å². The molecule has 0 aromatic heterocycles. The lowest BCUT2D eigenvalue weighted by Crippen LogP contribution is -2.36. The number of anilines is 1. The highest BCUT2D eigenvalue weighted by Gasteiger charge is 2.14. The zero-order chi connectivity index (χ0) is 14.4. The van der Waals surface area contributed by atoms with Crippen LogP contribution in [0.4, 0.5) is 5.69 Å². The molecule has 19 heavy (non-hydrogen) atoms. The SMILES string of the molecule is CCCN(CC(=O)NC)c1ccc([C@@H](C)O)cc1Cl. The van der Waals surface area contributed by atoms with E-state index in [1.807, 2.05) is 17.0 Å². The first kappa shape index (κ1) is 15.8. The number of hydrogen-bond donors (Lipinski definition) is 2. The fraction of sp³-hybridized carbons (Fsp3) is 0.500. The van der Waals surface area contributed by atoms with Crippen LogP contribution in [0.25, 0.3) is 0 Å². The highest BCUT2D eigenvalue weighted by molar-refractivity contribution is 6.33. The molecule has 4 nitrogen and oxygen atoms in total. The predicted molar refractivity (Wildman–Crippen MR) is 78.7 cm³/mol. The van der Waals surface area contributed by atoms with Gasteiger partial charge in [0.25, 0.3) is 0 Å². The molecule has 0 unspecified atom stereocenters. The van der Waals surface area contributed by atoms with Crippen molar-refractivity contribution in [2.24, 2.45) is 0 Å². The summed E-state index contributed by atoms with van der Waals surface area (Å²) in [5, 5.41) is 12.7. The van der Waals surface area contributed by atoms with Gasteiger partial charge in [-0.15, -0.1) is 0 Å². The number of likely N-dealkylation sites (N-methyl/N-ethyl adjacent to an activating group) is 1. The Balaban J connectivity index is 2.98. The normalized spacial score (nSPS) is 12.1. The van der Waals surface area contributed by atoms with E-state index in [4.69, 9.17) is 11.6 Å². The van der Waals surface area contributed by atoms with Gasteiger partial charge in [-0.05, 0) is 31.0 Å². The number of benzene rings is 1. The smallest absolute Gasteiger partial charge is 0.239 e. The quantitative estimate of drug-likeness (QED) is 0.843. The van der Waals surface area contributed by atoms with Crippen molar-refractivity contribution < 1.29 is 9.90 Å². The average Bonchev–Trinajstić information content (AvgIpc) is 2.37. The third-order valence-electron chi connectivity index (χ3n) is 2.90. The van der Waals surface area contributed by atoms with Gasteiger partial charge in [0.1, 0.15) is 0 Å². The zero-order valence-corrected chi connectivity index (χ0v) is 12.4. The fourth-order valence-electron chi connectivity index (χ4n) is 1.85. The summed E-state index contributed by atoms with van der Waals surface area (Å²) in [4.78, 5) is 13.5. The number of carbonyl (C=O) groups is 1. The first-order valence-corrected chi connectivity index (χ1v) is 6.80. The number of amides is 1. The maximum absolute atomic E-state index is 11.5. The van der Waals surface area contributed by atoms with Crippen molar-refractivity contribution in [1.82, 2.24) is 5.32 Å². The molecule has 1 rings (SSSR count). The van der Waals surface area contributed by atoms with Crippen LogP contribution in [0.2, 0.25) is 5.02 Å². The van der Waals surface area contributed by atoms with E-state index < -0.39 is 6.10 Å². The van der Waals surface area contributed by atoms with E-state index in [1.165, 1.54) is 0 Å². The lowest BCUT2D eigenvalue weighted by molar-refractivity contribution is -0.119. The summed E-state index contributed by atoms with van der Waals surface area (Å²) in [6.45, 7) is 4.77. The summed E-state index contributed by atoms with van der Waals surface area (Å²) in [6.07, 6.45) is 0.371. The van der Waals surface area contributed by atoms with Crippen molar-refractivity contribution in [3.05, 3.63) is 28.8 Å². The number of aliphatic hydroxyl groups is 1. The van der Waals surface area contributed by atoms with Gasteiger partial charge in [0.15, 0.2) is 0 Å². The fourth-order valence-corrected chi connectivity index (χ4v) is 2.15. The molecule has 0 saturated heterocycles. The van der Waals surface area contributed by atoms with Crippen molar-refractivity contribution >= 4 is 23.2 Å². The molecule has 1 atom stereocenters. The minimum Gasteiger partial charge on any atom is -0.389 e.